The SMILES string of the molecule is CCOC(=O)[C@H]1CNc2c(OC)cccc2[C@H]1O. The van der Waals surface area contributed by atoms with Gasteiger partial charge in [-0.25, -0.2) is 0 Å². The van der Waals surface area contributed by atoms with Crippen molar-refractivity contribution < 1.29 is 19.4 Å². The lowest BCUT2D eigenvalue weighted by Gasteiger charge is -2.30. The summed E-state index contributed by atoms with van der Waals surface area (Å²) >= 11 is 0. The fourth-order valence-electron chi connectivity index (χ4n) is 2.16. The number of aliphatic hydroxyl groups is 1. The van der Waals surface area contributed by atoms with E-state index in [0.29, 0.717) is 24.5 Å². The number of para-hydroxylation sites is 1. The second kappa shape index (κ2) is 5.27. The molecule has 0 aliphatic carbocycles. The number of fused-ring (bicyclic) bond motifs is 1. The van der Waals surface area contributed by atoms with Crippen LogP contribution in [0.2, 0.25) is 0 Å². The van der Waals surface area contributed by atoms with Crippen LogP contribution >= 0.6 is 0 Å². The van der Waals surface area contributed by atoms with Gasteiger partial charge in [-0.2, -0.15) is 0 Å². The molecular formula is C13H17NO4. The zero-order valence-electron chi connectivity index (χ0n) is 10.5. The third-order valence-corrected chi connectivity index (χ3v) is 3.07. The van der Waals surface area contributed by atoms with Gasteiger partial charge in [0, 0.05) is 12.1 Å². The zero-order valence-corrected chi connectivity index (χ0v) is 10.5. The van der Waals surface area contributed by atoms with E-state index in [-0.39, 0.29) is 5.97 Å². The summed E-state index contributed by atoms with van der Waals surface area (Å²) in [6, 6.07) is 5.38. The minimum absolute atomic E-state index is 0.313. The molecule has 1 aliphatic rings. The summed E-state index contributed by atoms with van der Waals surface area (Å²) in [6.07, 6.45) is -0.865. The molecule has 0 radical (unpaired) electrons. The van der Waals surface area contributed by atoms with E-state index in [1.54, 1.807) is 26.2 Å². The summed E-state index contributed by atoms with van der Waals surface area (Å²) in [5, 5.41) is 13.4. The van der Waals surface area contributed by atoms with E-state index in [0.717, 1.165) is 5.69 Å². The summed E-state index contributed by atoms with van der Waals surface area (Å²) in [5.41, 5.74) is 1.41. The largest absolute Gasteiger partial charge is 0.495 e. The second-order valence-electron chi connectivity index (χ2n) is 4.11. The average molecular weight is 251 g/mol. The van der Waals surface area contributed by atoms with Crippen molar-refractivity contribution in [2.24, 2.45) is 5.92 Å². The quantitative estimate of drug-likeness (QED) is 0.793. The van der Waals surface area contributed by atoms with E-state index in [9.17, 15) is 9.90 Å². The van der Waals surface area contributed by atoms with Crippen LogP contribution in [0, 0.1) is 5.92 Å². The molecule has 5 heteroatoms. The van der Waals surface area contributed by atoms with Crippen LogP contribution in [0.1, 0.15) is 18.6 Å². The normalized spacial score (nSPS) is 21.7. The highest BCUT2D eigenvalue weighted by molar-refractivity contribution is 5.77. The molecule has 1 aromatic carbocycles. The highest BCUT2D eigenvalue weighted by atomic mass is 16.5. The van der Waals surface area contributed by atoms with Crippen LogP contribution in [0.5, 0.6) is 5.75 Å². The molecule has 0 fully saturated rings. The van der Waals surface area contributed by atoms with Gasteiger partial charge in [-0.3, -0.25) is 4.79 Å². The summed E-state index contributed by atoms with van der Waals surface area (Å²) in [6.45, 7) is 2.40. The Labute approximate surface area is 106 Å². The molecule has 2 rings (SSSR count). The Morgan fingerprint density at radius 1 is 1.56 bits per heavy atom. The van der Waals surface area contributed by atoms with Crippen molar-refractivity contribution in [3.8, 4) is 5.75 Å². The molecule has 0 spiro atoms. The van der Waals surface area contributed by atoms with Gasteiger partial charge >= 0.3 is 5.97 Å². The van der Waals surface area contributed by atoms with E-state index in [4.69, 9.17) is 9.47 Å². The van der Waals surface area contributed by atoms with Crippen molar-refractivity contribution in [1.82, 2.24) is 0 Å². The number of carbonyl (C=O) groups excluding carboxylic acids is 1. The molecule has 1 aromatic rings. The highest BCUT2D eigenvalue weighted by Crippen LogP contribution is 2.39. The number of anilines is 1. The monoisotopic (exact) mass is 251 g/mol. The third-order valence-electron chi connectivity index (χ3n) is 3.07. The van der Waals surface area contributed by atoms with Crippen molar-refractivity contribution in [3.63, 3.8) is 0 Å². The molecule has 0 saturated carbocycles. The second-order valence-corrected chi connectivity index (χ2v) is 4.11. The first kappa shape index (κ1) is 12.7. The molecule has 1 aliphatic heterocycles. The maximum atomic E-state index is 11.7. The number of carbonyl (C=O) groups is 1. The molecule has 2 N–H and O–H groups in total. The predicted octanol–water partition coefficient (Wildman–Crippen LogP) is 1.33. The first-order valence-electron chi connectivity index (χ1n) is 5.94. The Kier molecular flexibility index (Phi) is 3.72. The number of methoxy groups -OCH3 is 1. The molecule has 0 amide bonds. The highest BCUT2D eigenvalue weighted by Gasteiger charge is 2.35. The van der Waals surface area contributed by atoms with Gasteiger partial charge in [-0.15, -0.1) is 0 Å². The van der Waals surface area contributed by atoms with E-state index in [1.165, 1.54) is 0 Å². The summed E-state index contributed by atoms with van der Waals surface area (Å²) in [5.74, 6) is -0.301. The fraction of sp³-hybridized carbons (Fsp3) is 0.462. The Hall–Kier alpha value is -1.75. The van der Waals surface area contributed by atoms with Crippen molar-refractivity contribution in [2.75, 3.05) is 25.6 Å². The number of hydrogen-bond acceptors (Lipinski definition) is 5. The Morgan fingerprint density at radius 3 is 3.00 bits per heavy atom. The zero-order chi connectivity index (χ0) is 13.1. The Morgan fingerprint density at radius 2 is 2.33 bits per heavy atom. The lowest BCUT2D eigenvalue weighted by atomic mass is 9.90. The Balaban J connectivity index is 2.28. The maximum absolute atomic E-state index is 11.7. The summed E-state index contributed by atoms with van der Waals surface area (Å²) < 4.78 is 10.2. The minimum Gasteiger partial charge on any atom is -0.495 e. The number of nitrogens with one attached hydrogen (secondary N) is 1. The molecule has 0 aromatic heterocycles. The van der Waals surface area contributed by atoms with Crippen LogP contribution in [0.4, 0.5) is 5.69 Å². The van der Waals surface area contributed by atoms with Gasteiger partial charge in [0.15, 0.2) is 0 Å². The van der Waals surface area contributed by atoms with Crippen molar-refractivity contribution >= 4 is 11.7 Å². The molecule has 98 valence electrons. The van der Waals surface area contributed by atoms with Gasteiger partial charge < -0.3 is 19.9 Å². The van der Waals surface area contributed by atoms with Crippen LogP contribution in [0.25, 0.3) is 0 Å². The molecule has 1 heterocycles. The third kappa shape index (κ3) is 2.13. The summed E-state index contributed by atoms with van der Waals surface area (Å²) in [7, 11) is 1.57. The Bertz CT molecular complexity index is 447. The molecular weight excluding hydrogens is 234 g/mol. The van der Waals surface area contributed by atoms with Gasteiger partial charge in [0.2, 0.25) is 0 Å². The predicted molar refractivity (Wildman–Crippen MR) is 66.6 cm³/mol. The molecule has 18 heavy (non-hydrogen) atoms. The first-order valence-corrected chi connectivity index (χ1v) is 5.94. The van der Waals surface area contributed by atoms with Crippen molar-refractivity contribution in [3.05, 3.63) is 23.8 Å². The maximum Gasteiger partial charge on any atom is 0.313 e. The number of ether oxygens (including phenoxy) is 2. The molecule has 0 bridgehead atoms. The van der Waals surface area contributed by atoms with E-state index >= 15 is 0 Å². The number of esters is 1. The molecule has 0 unspecified atom stereocenters. The van der Waals surface area contributed by atoms with Crippen LogP contribution in [0.3, 0.4) is 0 Å². The minimum atomic E-state index is -0.865. The van der Waals surface area contributed by atoms with E-state index < -0.39 is 12.0 Å². The number of benzene rings is 1. The number of hydrogen-bond donors (Lipinski definition) is 2. The van der Waals surface area contributed by atoms with E-state index in [2.05, 4.69) is 5.32 Å². The number of aliphatic hydroxyl groups excluding tert-OH is 1. The van der Waals surface area contributed by atoms with Gasteiger partial charge in [-0.1, -0.05) is 12.1 Å². The van der Waals surface area contributed by atoms with Crippen LogP contribution in [0.15, 0.2) is 18.2 Å². The molecule has 2 atom stereocenters. The van der Waals surface area contributed by atoms with Gasteiger partial charge in [-0.05, 0) is 13.0 Å². The van der Waals surface area contributed by atoms with Crippen molar-refractivity contribution in [1.29, 1.82) is 0 Å². The smallest absolute Gasteiger partial charge is 0.313 e. The van der Waals surface area contributed by atoms with E-state index in [1.807, 2.05) is 6.07 Å². The van der Waals surface area contributed by atoms with Crippen LogP contribution in [-0.2, 0) is 9.53 Å². The van der Waals surface area contributed by atoms with Crippen LogP contribution < -0.4 is 10.1 Å². The van der Waals surface area contributed by atoms with Gasteiger partial charge in [0.25, 0.3) is 0 Å². The average Bonchev–Trinajstić information content (AvgIpc) is 2.39. The first-order chi connectivity index (χ1) is 8.69. The summed E-state index contributed by atoms with van der Waals surface area (Å²) in [4.78, 5) is 11.7. The lowest BCUT2D eigenvalue weighted by molar-refractivity contribution is -0.151. The van der Waals surface area contributed by atoms with Crippen molar-refractivity contribution in [2.45, 2.75) is 13.0 Å². The van der Waals surface area contributed by atoms with Gasteiger partial charge in [0.05, 0.1) is 25.5 Å². The topological polar surface area (TPSA) is 67.8 Å². The fourth-order valence-corrected chi connectivity index (χ4v) is 2.16. The standard InChI is InChI=1S/C13H17NO4/c1-3-18-13(16)9-7-14-11-8(12(9)15)5-4-6-10(11)17-2/h4-6,9,12,14-15H,3,7H2,1-2H3/t9-,12+/m0/s1. The molecule has 0 saturated heterocycles. The van der Waals surface area contributed by atoms with Crippen LogP contribution in [-0.4, -0.2) is 31.3 Å². The van der Waals surface area contributed by atoms with Gasteiger partial charge in [0.1, 0.15) is 11.7 Å². The molecule has 5 nitrogen and oxygen atoms in total. The number of rotatable bonds is 3. The lowest BCUT2D eigenvalue weighted by Crippen LogP contribution is -2.35.